The lowest BCUT2D eigenvalue weighted by atomic mass is 10.0. The van der Waals surface area contributed by atoms with Crippen LogP contribution in [0.1, 0.15) is 32.3 Å². The number of hydrogen-bond acceptors (Lipinski definition) is 4. The van der Waals surface area contributed by atoms with E-state index in [1.807, 2.05) is 19.9 Å². The summed E-state index contributed by atoms with van der Waals surface area (Å²) in [6, 6.07) is 3.59. The molecule has 5 heteroatoms. The molecule has 0 unspecified atom stereocenters. The molecule has 0 fully saturated rings. The molecule has 1 N–H and O–H groups in total. The molecule has 1 rings (SSSR count). The van der Waals surface area contributed by atoms with Crippen molar-refractivity contribution in [1.29, 1.82) is 0 Å². The Morgan fingerprint density at radius 3 is 2.00 bits per heavy atom. The molecule has 0 atom stereocenters. The number of amides is 1. The lowest BCUT2D eigenvalue weighted by molar-refractivity contribution is -0.125. The number of hydrogen-bond donors (Lipinski definition) is 1. The van der Waals surface area contributed by atoms with E-state index in [0.29, 0.717) is 23.8 Å². The van der Waals surface area contributed by atoms with Gasteiger partial charge in [0.1, 0.15) is 5.75 Å². The Kier molecular flexibility index (Phi) is 6.85. The van der Waals surface area contributed by atoms with Crippen molar-refractivity contribution in [3.05, 3.63) is 17.7 Å². The third kappa shape index (κ3) is 4.28. The van der Waals surface area contributed by atoms with Crippen LogP contribution >= 0.6 is 0 Å². The lowest BCUT2D eigenvalue weighted by Crippen LogP contribution is -2.29. The fraction of sp³-hybridized carbons (Fsp3) is 0.562. The van der Waals surface area contributed by atoms with Crippen LogP contribution in [0.3, 0.4) is 0 Å². The van der Waals surface area contributed by atoms with Crippen molar-refractivity contribution in [2.45, 2.75) is 33.2 Å². The molecule has 1 aromatic carbocycles. The molecule has 0 spiro atoms. The Labute approximate surface area is 126 Å². The van der Waals surface area contributed by atoms with Crippen molar-refractivity contribution in [2.75, 3.05) is 21.3 Å². The first-order valence-corrected chi connectivity index (χ1v) is 7.17. The van der Waals surface area contributed by atoms with Gasteiger partial charge in [0.25, 0.3) is 0 Å². The van der Waals surface area contributed by atoms with Gasteiger partial charge in [-0.2, -0.15) is 0 Å². The highest BCUT2D eigenvalue weighted by Crippen LogP contribution is 2.34. The normalized spacial score (nSPS) is 10.4. The smallest absolute Gasteiger partial charge is 0.223 e. The minimum atomic E-state index is 0.0520. The minimum Gasteiger partial charge on any atom is -0.496 e. The number of carbonyl (C=O) groups is 1. The van der Waals surface area contributed by atoms with Crippen LogP contribution in [0.4, 0.5) is 0 Å². The molecule has 1 amide bonds. The Bertz CT molecular complexity index is 470. The second-order valence-electron chi connectivity index (χ2n) is 4.75. The first-order valence-electron chi connectivity index (χ1n) is 7.17. The van der Waals surface area contributed by atoms with Crippen molar-refractivity contribution < 1.29 is 19.0 Å². The summed E-state index contributed by atoms with van der Waals surface area (Å²) in [6.45, 7) is 4.44. The molecule has 118 valence electrons. The van der Waals surface area contributed by atoms with E-state index < -0.39 is 0 Å². The molecule has 0 aliphatic carbocycles. The molecule has 0 saturated carbocycles. The average Bonchev–Trinajstić information content (AvgIpc) is 2.52. The summed E-state index contributed by atoms with van der Waals surface area (Å²) in [5.74, 6) is 2.00. The summed E-state index contributed by atoms with van der Waals surface area (Å²) in [5.41, 5.74) is 0.856. The summed E-state index contributed by atoms with van der Waals surface area (Å²) in [4.78, 5) is 12.0. The van der Waals surface area contributed by atoms with Gasteiger partial charge in [0.15, 0.2) is 11.5 Å². The lowest BCUT2D eigenvalue weighted by Gasteiger charge is -2.16. The first kappa shape index (κ1) is 17.1. The number of ether oxygens (including phenoxy) is 3. The van der Waals surface area contributed by atoms with Gasteiger partial charge >= 0.3 is 0 Å². The molecule has 1 aromatic rings. The van der Waals surface area contributed by atoms with Gasteiger partial charge in [-0.05, 0) is 18.9 Å². The first-order chi connectivity index (χ1) is 10.1. The van der Waals surface area contributed by atoms with Crippen LogP contribution in [0, 0.1) is 5.92 Å². The minimum absolute atomic E-state index is 0.0520. The summed E-state index contributed by atoms with van der Waals surface area (Å²) in [6.07, 6.45) is 1.68. The predicted molar refractivity (Wildman–Crippen MR) is 82.0 cm³/mol. The molecule has 5 nitrogen and oxygen atoms in total. The van der Waals surface area contributed by atoms with Crippen LogP contribution in [0.25, 0.3) is 0 Å². The average molecular weight is 295 g/mol. The molecule has 0 bridgehead atoms. The highest BCUT2D eigenvalue weighted by atomic mass is 16.5. The third-order valence-electron chi connectivity index (χ3n) is 3.60. The molecule has 0 aromatic heterocycles. The van der Waals surface area contributed by atoms with Gasteiger partial charge in [0, 0.05) is 24.1 Å². The summed E-state index contributed by atoms with van der Waals surface area (Å²) < 4.78 is 15.9. The van der Waals surface area contributed by atoms with E-state index in [2.05, 4.69) is 5.32 Å². The van der Waals surface area contributed by atoms with Crippen molar-refractivity contribution >= 4 is 5.91 Å². The monoisotopic (exact) mass is 295 g/mol. The Hall–Kier alpha value is -1.91. The van der Waals surface area contributed by atoms with Gasteiger partial charge in [-0.15, -0.1) is 0 Å². The Morgan fingerprint density at radius 2 is 1.52 bits per heavy atom. The van der Waals surface area contributed by atoms with E-state index in [0.717, 1.165) is 18.4 Å². The number of rotatable bonds is 8. The maximum atomic E-state index is 12.0. The second kappa shape index (κ2) is 8.39. The quantitative estimate of drug-likeness (QED) is 0.801. The predicted octanol–water partition coefficient (Wildman–Crippen LogP) is 2.76. The van der Waals surface area contributed by atoms with E-state index in [-0.39, 0.29) is 11.8 Å². The standard InChI is InChI=1S/C16H25NO4/c1-6-11(7-2)16(18)17-10-12-8-14(20-4)15(21-5)9-13(12)19-3/h8-9,11H,6-7,10H2,1-5H3,(H,17,18). The number of carbonyl (C=O) groups excluding carboxylic acids is 1. The van der Waals surface area contributed by atoms with E-state index in [4.69, 9.17) is 14.2 Å². The Morgan fingerprint density at radius 1 is 1.00 bits per heavy atom. The van der Waals surface area contributed by atoms with Crippen molar-refractivity contribution in [3.8, 4) is 17.2 Å². The van der Waals surface area contributed by atoms with E-state index in [1.165, 1.54) is 0 Å². The van der Waals surface area contributed by atoms with Gasteiger partial charge in [0.2, 0.25) is 5.91 Å². The largest absolute Gasteiger partial charge is 0.496 e. The van der Waals surface area contributed by atoms with E-state index in [1.54, 1.807) is 27.4 Å². The molecule has 0 saturated heterocycles. The topological polar surface area (TPSA) is 56.8 Å². The van der Waals surface area contributed by atoms with Gasteiger partial charge in [-0.3, -0.25) is 4.79 Å². The van der Waals surface area contributed by atoms with E-state index in [9.17, 15) is 4.79 Å². The molecular formula is C16H25NO4. The summed E-state index contributed by atoms with van der Waals surface area (Å²) in [5, 5.41) is 2.95. The maximum Gasteiger partial charge on any atom is 0.223 e. The Balaban J connectivity index is 2.89. The van der Waals surface area contributed by atoms with Crippen molar-refractivity contribution in [2.24, 2.45) is 5.92 Å². The number of benzene rings is 1. The van der Waals surface area contributed by atoms with Crippen molar-refractivity contribution in [3.63, 3.8) is 0 Å². The molecule has 0 aliphatic heterocycles. The molecular weight excluding hydrogens is 270 g/mol. The van der Waals surface area contributed by atoms with Crippen LogP contribution in [0.2, 0.25) is 0 Å². The second-order valence-corrected chi connectivity index (χ2v) is 4.75. The highest BCUT2D eigenvalue weighted by Gasteiger charge is 2.16. The van der Waals surface area contributed by atoms with Crippen LogP contribution in [0.5, 0.6) is 17.2 Å². The van der Waals surface area contributed by atoms with Gasteiger partial charge < -0.3 is 19.5 Å². The van der Waals surface area contributed by atoms with Gasteiger partial charge in [-0.25, -0.2) is 0 Å². The zero-order chi connectivity index (χ0) is 15.8. The van der Waals surface area contributed by atoms with Crippen LogP contribution < -0.4 is 19.5 Å². The fourth-order valence-electron chi connectivity index (χ4n) is 2.22. The molecule has 0 aliphatic rings. The maximum absolute atomic E-state index is 12.0. The zero-order valence-electron chi connectivity index (χ0n) is 13.5. The van der Waals surface area contributed by atoms with Gasteiger partial charge in [0.05, 0.1) is 21.3 Å². The number of nitrogens with one attached hydrogen (secondary N) is 1. The van der Waals surface area contributed by atoms with Crippen LogP contribution in [-0.4, -0.2) is 27.2 Å². The van der Waals surface area contributed by atoms with Crippen molar-refractivity contribution in [1.82, 2.24) is 5.32 Å². The molecule has 0 radical (unpaired) electrons. The van der Waals surface area contributed by atoms with Crippen LogP contribution in [-0.2, 0) is 11.3 Å². The van der Waals surface area contributed by atoms with Gasteiger partial charge in [-0.1, -0.05) is 13.8 Å². The summed E-state index contributed by atoms with van der Waals surface area (Å²) >= 11 is 0. The number of methoxy groups -OCH3 is 3. The highest BCUT2D eigenvalue weighted by molar-refractivity contribution is 5.78. The molecule has 21 heavy (non-hydrogen) atoms. The third-order valence-corrected chi connectivity index (χ3v) is 3.60. The fourth-order valence-corrected chi connectivity index (χ4v) is 2.22. The van der Waals surface area contributed by atoms with Crippen LogP contribution in [0.15, 0.2) is 12.1 Å². The van der Waals surface area contributed by atoms with E-state index >= 15 is 0 Å². The summed E-state index contributed by atoms with van der Waals surface area (Å²) in [7, 11) is 4.75. The molecule has 0 heterocycles. The zero-order valence-corrected chi connectivity index (χ0v) is 13.5. The SMILES string of the molecule is CCC(CC)C(=O)NCc1cc(OC)c(OC)cc1OC.